The van der Waals surface area contributed by atoms with Gasteiger partial charge in [0, 0.05) is 19.2 Å². The summed E-state index contributed by atoms with van der Waals surface area (Å²) in [5, 5.41) is 13.0. The first-order valence-corrected chi connectivity index (χ1v) is 13.8. The molecule has 0 aliphatic carbocycles. The van der Waals surface area contributed by atoms with Gasteiger partial charge in [0.05, 0.1) is 5.56 Å². The minimum absolute atomic E-state index is 0.000274. The zero-order chi connectivity index (χ0) is 27.8. The summed E-state index contributed by atoms with van der Waals surface area (Å²) < 4.78 is 8.82. The molecule has 3 rings (SSSR count). The number of aromatic hydroxyl groups is 1. The molecule has 0 bridgehead atoms. The van der Waals surface area contributed by atoms with Crippen LogP contribution in [0.3, 0.4) is 0 Å². The Labute approximate surface area is 226 Å². The van der Waals surface area contributed by atoms with Crippen molar-refractivity contribution >= 4 is 23.8 Å². The monoisotopic (exact) mass is 524 g/mol. The minimum atomic E-state index is -0.380. The van der Waals surface area contributed by atoms with Gasteiger partial charge in [-0.2, -0.15) is 0 Å². The van der Waals surface area contributed by atoms with Gasteiger partial charge in [-0.05, 0) is 60.7 Å². The number of benzene rings is 3. The van der Waals surface area contributed by atoms with E-state index in [0.717, 1.165) is 22.3 Å². The molecular formula is C30H40N2O4S. The molecule has 0 heterocycles. The van der Waals surface area contributed by atoms with E-state index in [0.29, 0.717) is 30.9 Å². The third kappa shape index (κ3) is 10.2. The average Bonchev–Trinajstić information content (AvgIpc) is 2.92. The number of nitrogens with one attached hydrogen (secondary N) is 2. The third-order valence-corrected chi connectivity index (χ3v) is 5.54. The van der Waals surface area contributed by atoms with Gasteiger partial charge in [-0.3, -0.25) is 9.59 Å². The standard InChI is InChI=1S/C26H28N2O4S.2C2H6/c1-17-13-20(9-12-24(30)28-33-3)14-18(2)25(17)32-21-10-11-23(29)22(15-21)26(31)27-16-19-7-5-4-6-8-19;2*1-2/h4-8,10-11,13-15,29H,9,12,16H2,1-3H3,(H,27,31)(H,28,30);2*1-2H3. The van der Waals surface area contributed by atoms with Crippen LogP contribution in [0.25, 0.3) is 0 Å². The number of rotatable bonds is 9. The smallest absolute Gasteiger partial charge is 0.255 e. The molecule has 0 aromatic heterocycles. The first-order chi connectivity index (χ1) is 17.9. The molecule has 0 aliphatic rings. The summed E-state index contributed by atoms with van der Waals surface area (Å²) in [6.45, 7) is 12.3. The van der Waals surface area contributed by atoms with Crippen LogP contribution in [-0.2, 0) is 17.8 Å². The van der Waals surface area contributed by atoms with E-state index in [4.69, 9.17) is 4.74 Å². The van der Waals surface area contributed by atoms with Crippen LogP contribution in [-0.4, -0.2) is 23.2 Å². The maximum atomic E-state index is 12.6. The van der Waals surface area contributed by atoms with Gasteiger partial charge in [0.25, 0.3) is 5.91 Å². The number of phenols is 1. The quantitative estimate of drug-likeness (QED) is 0.260. The molecule has 0 aliphatic heterocycles. The number of carbonyl (C=O) groups excluding carboxylic acids is 2. The predicted octanol–water partition coefficient (Wildman–Crippen LogP) is 7.11. The molecule has 3 aromatic rings. The molecule has 2 amide bonds. The molecule has 3 N–H and O–H groups in total. The van der Waals surface area contributed by atoms with Crippen LogP contribution < -0.4 is 14.8 Å². The first kappa shape index (κ1) is 31.6. The first-order valence-electron chi connectivity index (χ1n) is 12.6. The normalized spacial score (nSPS) is 9.70. The maximum Gasteiger partial charge on any atom is 0.255 e. The zero-order valence-electron chi connectivity index (χ0n) is 23.0. The van der Waals surface area contributed by atoms with Gasteiger partial charge < -0.3 is 19.9 Å². The average molecular weight is 525 g/mol. The highest BCUT2D eigenvalue weighted by Crippen LogP contribution is 2.32. The Morgan fingerprint density at radius 1 is 0.892 bits per heavy atom. The molecule has 37 heavy (non-hydrogen) atoms. The van der Waals surface area contributed by atoms with Gasteiger partial charge in [0.1, 0.15) is 17.2 Å². The van der Waals surface area contributed by atoms with Gasteiger partial charge >= 0.3 is 0 Å². The van der Waals surface area contributed by atoms with Gasteiger partial charge in [-0.25, -0.2) is 0 Å². The van der Waals surface area contributed by atoms with Gasteiger partial charge in [0.2, 0.25) is 5.91 Å². The molecule has 3 aromatic carbocycles. The summed E-state index contributed by atoms with van der Waals surface area (Å²) >= 11 is 1.29. The SMILES string of the molecule is CC.CC.CSNC(=O)CCc1cc(C)c(Oc2ccc(O)c(C(=O)NCc3ccccc3)c2)c(C)c1. The lowest BCUT2D eigenvalue weighted by molar-refractivity contribution is -0.119. The fourth-order valence-electron chi connectivity index (χ4n) is 3.52. The number of hydrogen-bond acceptors (Lipinski definition) is 5. The number of hydrogen-bond donors (Lipinski definition) is 3. The summed E-state index contributed by atoms with van der Waals surface area (Å²) in [6.07, 6.45) is 2.87. The second-order valence-corrected chi connectivity index (χ2v) is 8.35. The summed E-state index contributed by atoms with van der Waals surface area (Å²) in [5.74, 6) is 0.652. The molecular weight excluding hydrogens is 484 g/mol. The van der Waals surface area contributed by atoms with E-state index in [1.165, 1.54) is 24.1 Å². The van der Waals surface area contributed by atoms with Gasteiger partial charge in [0.15, 0.2) is 0 Å². The van der Waals surface area contributed by atoms with E-state index >= 15 is 0 Å². The van der Waals surface area contributed by atoms with E-state index in [9.17, 15) is 14.7 Å². The van der Waals surface area contributed by atoms with Crippen LogP contribution in [0.2, 0.25) is 0 Å². The second kappa shape index (κ2) is 17.1. The van der Waals surface area contributed by atoms with E-state index in [2.05, 4.69) is 10.0 Å². The number of amides is 2. The summed E-state index contributed by atoms with van der Waals surface area (Å²) in [7, 11) is 0. The molecule has 0 fully saturated rings. The van der Waals surface area contributed by atoms with E-state index < -0.39 is 0 Å². The van der Waals surface area contributed by atoms with Gasteiger partial charge in [-0.1, -0.05) is 82.1 Å². The molecule has 6 nitrogen and oxygen atoms in total. The maximum absolute atomic E-state index is 12.6. The van der Waals surface area contributed by atoms with Crippen molar-refractivity contribution in [1.29, 1.82) is 0 Å². The van der Waals surface area contributed by atoms with Crippen molar-refractivity contribution in [2.24, 2.45) is 0 Å². The number of ether oxygens (including phenoxy) is 1. The Morgan fingerprint density at radius 3 is 2.11 bits per heavy atom. The molecule has 0 atom stereocenters. The number of aryl methyl sites for hydroxylation is 3. The van der Waals surface area contributed by atoms with Crippen molar-refractivity contribution in [1.82, 2.24) is 10.0 Å². The Morgan fingerprint density at radius 2 is 1.51 bits per heavy atom. The predicted molar refractivity (Wildman–Crippen MR) is 154 cm³/mol. The Hall–Kier alpha value is -3.45. The highest BCUT2D eigenvalue weighted by Gasteiger charge is 2.15. The summed E-state index contributed by atoms with van der Waals surface area (Å²) in [4.78, 5) is 24.4. The van der Waals surface area contributed by atoms with E-state index in [-0.39, 0.29) is 23.1 Å². The Bertz CT molecular complexity index is 1110. The van der Waals surface area contributed by atoms with Crippen molar-refractivity contribution in [3.8, 4) is 17.2 Å². The Kier molecular flexibility index (Phi) is 14.6. The summed E-state index contributed by atoms with van der Waals surface area (Å²) in [6, 6.07) is 18.2. The molecule has 0 saturated carbocycles. The van der Waals surface area contributed by atoms with Crippen molar-refractivity contribution in [3.05, 3.63) is 88.5 Å². The van der Waals surface area contributed by atoms with Crippen LogP contribution in [0.4, 0.5) is 0 Å². The molecule has 200 valence electrons. The fraction of sp³-hybridized carbons (Fsp3) is 0.333. The Balaban J connectivity index is 0.00000163. The highest BCUT2D eigenvalue weighted by molar-refractivity contribution is 7.97. The largest absolute Gasteiger partial charge is 0.507 e. The highest BCUT2D eigenvalue weighted by atomic mass is 32.2. The summed E-state index contributed by atoms with van der Waals surface area (Å²) in [5.41, 5.74) is 4.03. The van der Waals surface area contributed by atoms with Crippen molar-refractivity contribution < 1.29 is 19.4 Å². The van der Waals surface area contributed by atoms with Crippen LogP contribution in [0.1, 0.15) is 66.7 Å². The van der Waals surface area contributed by atoms with E-state index in [1.807, 2.05) is 90.3 Å². The van der Waals surface area contributed by atoms with Crippen molar-refractivity contribution in [2.75, 3.05) is 6.26 Å². The van der Waals surface area contributed by atoms with Crippen molar-refractivity contribution in [3.63, 3.8) is 0 Å². The lowest BCUT2D eigenvalue weighted by atomic mass is 10.0. The van der Waals surface area contributed by atoms with Crippen molar-refractivity contribution in [2.45, 2.75) is 60.9 Å². The van der Waals surface area contributed by atoms with Gasteiger partial charge in [-0.15, -0.1) is 0 Å². The molecule has 0 spiro atoms. The minimum Gasteiger partial charge on any atom is -0.507 e. The second-order valence-electron chi connectivity index (χ2n) is 7.74. The molecule has 0 saturated heterocycles. The van der Waals surface area contributed by atoms with Crippen LogP contribution in [0.5, 0.6) is 17.2 Å². The van der Waals surface area contributed by atoms with Crippen LogP contribution in [0.15, 0.2) is 60.7 Å². The topological polar surface area (TPSA) is 87.7 Å². The molecule has 0 radical (unpaired) electrons. The molecule has 0 unspecified atom stereocenters. The number of carbonyl (C=O) groups is 2. The van der Waals surface area contributed by atoms with E-state index in [1.54, 1.807) is 6.07 Å². The third-order valence-electron chi connectivity index (χ3n) is 5.11. The lowest BCUT2D eigenvalue weighted by Gasteiger charge is -2.15. The zero-order valence-corrected chi connectivity index (χ0v) is 23.8. The molecule has 7 heteroatoms. The fourth-order valence-corrected chi connectivity index (χ4v) is 3.85. The van der Waals surface area contributed by atoms with Crippen LogP contribution >= 0.6 is 11.9 Å². The lowest BCUT2D eigenvalue weighted by Crippen LogP contribution is -2.22. The van der Waals surface area contributed by atoms with Crippen LogP contribution in [0, 0.1) is 13.8 Å². The number of phenolic OH excluding ortho intramolecular Hbond substituents is 1.